The van der Waals surface area contributed by atoms with Crippen molar-refractivity contribution in [2.45, 2.75) is 57.8 Å². The zero-order chi connectivity index (χ0) is 18.6. The highest BCUT2D eigenvalue weighted by Gasteiger charge is 2.21. The number of nitrogens with zero attached hydrogens (tertiary/aromatic N) is 1. The first-order valence-corrected chi connectivity index (χ1v) is 10.2. The minimum Gasteiger partial charge on any atom is -0.494 e. The molecule has 1 aliphatic carbocycles. The summed E-state index contributed by atoms with van der Waals surface area (Å²) in [5.41, 5.74) is 6.82. The molecule has 0 aromatic carbocycles. The lowest BCUT2D eigenvalue weighted by Gasteiger charge is -2.15. The Morgan fingerprint density at radius 2 is 2.15 bits per heavy atom. The van der Waals surface area contributed by atoms with Crippen LogP contribution in [0.4, 0.5) is 0 Å². The van der Waals surface area contributed by atoms with E-state index in [1.807, 2.05) is 24.4 Å². The normalized spacial score (nSPS) is 21.9. The van der Waals surface area contributed by atoms with Gasteiger partial charge in [-0.05, 0) is 61.4 Å². The van der Waals surface area contributed by atoms with Crippen LogP contribution in [-0.2, 0) is 11.2 Å². The SMILES string of the molecule is CCC1CCCCCCc2cc1c(/C=C1/N=C(c3ccc[nH]3)C=C1OC)[nH]2. The van der Waals surface area contributed by atoms with Crippen LogP contribution in [0.3, 0.4) is 0 Å². The molecular weight excluding hydrogens is 334 g/mol. The van der Waals surface area contributed by atoms with Crippen LogP contribution < -0.4 is 0 Å². The molecule has 2 aromatic heterocycles. The molecule has 1 aliphatic heterocycles. The van der Waals surface area contributed by atoms with Gasteiger partial charge in [0.25, 0.3) is 0 Å². The summed E-state index contributed by atoms with van der Waals surface area (Å²) >= 11 is 0. The van der Waals surface area contributed by atoms with Crippen LogP contribution in [0.1, 0.15) is 74.0 Å². The average molecular weight is 364 g/mol. The molecule has 142 valence electrons. The topological polar surface area (TPSA) is 53.2 Å². The lowest BCUT2D eigenvalue weighted by Crippen LogP contribution is -1.99. The van der Waals surface area contributed by atoms with Crippen molar-refractivity contribution in [2.75, 3.05) is 7.11 Å². The second-order valence-electron chi connectivity index (χ2n) is 7.54. The zero-order valence-corrected chi connectivity index (χ0v) is 16.3. The number of hydrogen-bond acceptors (Lipinski definition) is 2. The molecule has 1 atom stereocenters. The molecule has 2 N–H and O–H groups in total. The van der Waals surface area contributed by atoms with Crippen LogP contribution in [0.15, 0.2) is 46.9 Å². The average Bonchev–Trinajstić information content (AvgIpc) is 3.41. The first kappa shape index (κ1) is 17.9. The van der Waals surface area contributed by atoms with Gasteiger partial charge >= 0.3 is 0 Å². The van der Waals surface area contributed by atoms with Crippen LogP contribution in [-0.4, -0.2) is 22.8 Å². The van der Waals surface area contributed by atoms with Crippen LogP contribution in [0.2, 0.25) is 0 Å². The van der Waals surface area contributed by atoms with Gasteiger partial charge in [0.1, 0.15) is 11.5 Å². The summed E-state index contributed by atoms with van der Waals surface area (Å²) in [6.07, 6.45) is 15.0. The second kappa shape index (κ2) is 8.03. The predicted octanol–water partition coefficient (Wildman–Crippen LogP) is 5.72. The van der Waals surface area contributed by atoms with Crippen LogP contribution in [0, 0.1) is 0 Å². The van der Waals surface area contributed by atoms with Gasteiger partial charge in [-0.3, -0.25) is 0 Å². The third-order valence-electron chi connectivity index (χ3n) is 5.75. The molecule has 2 bridgehead atoms. The number of hydrogen-bond donors (Lipinski definition) is 2. The van der Waals surface area contributed by atoms with E-state index in [4.69, 9.17) is 9.73 Å². The summed E-state index contributed by atoms with van der Waals surface area (Å²) in [4.78, 5) is 11.7. The molecule has 0 spiro atoms. The number of methoxy groups -OCH3 is 1. The second-order valence-corrected chi connectivity index (χ2v) is 7.54. The molecule has 27 heavy (non-hydrogen) atoms. The third kappa shape index (κ3) is 3.80. The number of H-pyrrole nitrogens is 2. The number of rotatable bonds is 4. The number of ether oxygens (including phenoxy) is 1. The highest BCUT2D eigenvalue weighted by molar-refractivity contribution is 6.11. The van der Waals surface area contributed by atoms with E-state index in [-0.39, 0.29) is 0 Å². The van der Waals surface area contributed by atoms with Gasteiger partial charge in [-0.15, -0.1) is 0 Å². The van der Waals surface area contributed by atoms with E-state index in [1.165, 1.54) is 55.5 Å². The minimum absolute atomic E-state index is 0.614. The summed E-state index contributed by atoms with van der Waals surface area (Å²) in [5.74, 6) is 1.43. The molecule has 4 rings (SSSR count). The molecule has 0 amide bonds. The maximum Gasteiger partial charge on any atom is 0.146 e. The number of nitrogens with one attached hydrogen (secondary N) is 2. The van der Waals surface area contributed by atoms with Crippen molar-refractivity contribution in [2.24, 2.45) is 4.99 Å². The fraction of sp³-hybridized carbons (Fsp3) is 0.435. The first-order chi connectivity index (χ1) is 13.3. The third-order valence-corrected chi connectivity index (χ3v) is 5.75. The van der Waals surface area contributed by atoms with Crippen molar-refractivity contribution in [3.8, 4) is 0 Å². The van der Waals surface area contributed by atoms with Crippen molar-refractivity contribution in [3.63, 3.8) is 0 Å². The Balaban J connectivity index is 1.72. The van der Waals surface area contributed by atoms with Crippen molar-refractivity contribution in [1.82, 2.24) is 9.97 Å². The quantitative estimate of drug-likeness (QED) is 0.717. The molecule has 0 saturated heterocycles. The van der Waals surface area contributed by atoms with Crippen molar-refractivity contribution >= 4 is 11.8 Å². The maximum absolute atomic E-state index is 5.61. The Kier molecular flexibility index (Phi) is 5.33. The van der Waals surface area contributed by atoms with Gasteiger partial charge in [-0.2, -0.15) is 0 Å². The Labute approximate surface area is 161 Å². The minimum atomic E-state index is 0.614. The summed E-state index contributed by atoms with van der Waals surface area (Å²) in [7, 11) is 1.71. The Morgan fingerprint density at radius 1 is 1.26 bits per heavy atom. The standard InChI is InChI=1S/C23H29N3O/c1-3-16-9-6-4-5-7-10-17-13-18(16)20(25-17)14-22-23(27-2)15-21(26-22)19-11-8-12-24-19/h8,11-16,24-25H,3-7,9-10H2,1-2H3/b22-14+. The molecule has 4 nitrogen and oxygen atoms in total. The fourth-order valence-corrected chi connectivity index (χ4v) is 4.22. The van der Waals surface area contributed by atoms with E-state index in [0.29, 0.717) is 5.92 Å². The van der Waals surface area contributed by atoms with Gasteiger partial charge in [-0.25, -0.2) is 4.99 Å². The van der Waals surface area contributed by atoms with Gasteiger partial charge in [-0.1, -0.05) is 26.2 Å². The van der Waals surface area contributed by atoms with Gasteiger partial charge < -0.3 is 14.7 Å². The summed E-state index contributed by atoms with van der Waals surface area (Å²) in [6.45, 7) is 2.30. The summed E-state index contributed by atoms with van der Waals surface area (Å²) < 4.78 is 5.61. The molecule has 1 unspecified atom stereocenters. The van der Waals surface area contributed by atoms with E-state index in [9.17, 15) is 0 Å². The van der Waals surface area contributed by atoms with Crippen LogP contribution in [0.5, 0.6) is 0 Å². The first-order valence-electron chi connectivity index (χ1n) is 10.2. The van der Waals surface area contributed by atoms with Gasteiger partial charge in [0.15, 0.2) is 0 Å². The van der Waals surface area contributed by atoms with E-state index < -0.39 is 0 Å². The molecule has 0 saturated carbocycles. The monoisotopic (exact) mass is 363 g/mol. The number of aromatic amines is 2. The zero-order valence-electron chi connectivity index (χ0n) is 16.3. The number of aromatic nitrogens is 2. The molecule has 2 aliphatic rings. The molecule has 4 heteroatoms. The molecular formula is C23H29N3O. The number of fused-ring (bicyclic) bond motifs is 2. The Hall–Kier alpha value is -2.49. The highest BCUT2D eigenvalue weighted by Crippen LogP contribution is 2.34. The number of aliphatic imine (C=N–C) groups is 1. The Morgan fingerprint density at radius 3 is 2.93 bits per heavy atom. The number of allylic oxidation sites excluding steroid dienone is 1. The van der Waals surface area contributed by atoms with Crippen molar-refractivity contribution in [3.05, 3.63) is 64.6 Å². The van der Waals surface area contributed by atoms with Crippen LogP contribution >= 0.6 is 0 Å². The molecule has 0 radical (unpaired) electrons. The molecule has 0 fully saturated rings. The molecule has 2 aromatic rings. The van der Waals surface area contributed by atoms with E-state index in [1.54, 1.807) is 7.11 Å². The Bertz CT molecular complexity index is 868. The lowest BCUT2D eigenvalue weighted by atomic mass is 9.89. The van der Waals surface area contributed by atoms with Crippen molar-refractivity contribution in [1.29, 1.82) is 0 Å². The summed E-state index contributed by atoms with van der Waals surface area (Å²) in [6, 6.07) is 6.42. The van der Waals surface area contributed by atoms with E-state index >= 15 is 0 Å². The van der Waals surface area contributed by atoms with Gasteiger partial charge in [0, 0.05) is 23.7 Å². The largest absolute Gasteiger partial charge is 0.494 e. The highest BCUT2D eigenvalue weighted by atomic mass is 16.5. The lowest BCUT2D eigenvalue weighted by molar-refractivity contribution is 0.303. The predicted molar refractivity (Wildman–Crippen MR) is 111 cm³/mol. The van der Waals surface area contributed by atoms with E-state index in [2.05, 4.69) is 29.0 Å². The number of aryl methyl sites for hydroxylation is 1. The fourth-order valence-electron chi connectivity index (χ4n) is 4.22. The maximum atomic E-state index is 5.61. The smallest absolute Gasteiger partial charge is 0.146 e. The molecule has 3 heterocycles. The van der Waals surface area contributed by atoms with E-state index in [0.717, 1.165) is 29.3 Å². The van der Waals surface area contributed by atoms with Gasteiger partial charge in [0.05, 0.1) is 18.5 Å². The van der Waals surface area contributed by atoms with Crippen molar-refractivity contribution < 1.29 is 4.74 Å². The van der Waals surface area contributed by atoms with Crippen LogP contribution in [0.25, 0.3) is 6.08 Å². The van der Waals surface area contributed by atoms with Gasteiger partial charge in [0.2, 0.25) is 0 Å². The summed E-state index contributed by atoms with van der Waals surface area (Å²) in [5, 5.41) is 0.